The largest absolute Gasteiger partial charge is 0.466 e. The Hall–Kier alpha value is -1.96. The first-order valence-corrected chi connectivity index (χ1v) is 11.4. The van der Waals surface area contributed by atoms with E-state index in [4.69, 9.17) is 14.5 Å². The number of esters is 1. The highest BCUT2D eigenvalue weighted by Gasteiger charge is 2.15. The van der Waals surface area contributed by atoms with Gasteiger partial charge in [-0.25, -0.2) is 4.99 Å². The van der Waals surface area contributed by atoms with Gasteiger partial charge in [0.15, 0.2) is 4.80 Å². The van der Waals surface area contributed by atoms with Gasteiger partial charge in [0, 0.05) is 24.0 Å². The van der Waals surface area contributed by atoms with Crippen molar-refractivity contribution in [3.05, 3.63) is 45.7 Å². The van der Waals surface area contributed by atoms with Gasteiger partial charge in [-0.15, -0.1) is 11.3 Å². The fraction of sp³-hybridized carbons (Fsp3) is 0.545. The van der Waals surface area contributed by atoms with Gasteiger partial charge in [-0.1, -0.05) is 19.1 Å². The summed E-state index contributed by atoms with van der Waals surface area (Å²) in [5, 5.41) is 2.04. The van der Waals surface area contributed by atoms with Gasteiger partial charge in [0.1, 0.15) is 13.1 Å². The summed E-state index contributed by atoms with van der Waals surface area (Å²) in [6.07, 6.45) is 2.36. The van der Waals surface area contributed by atoms with Crippen LogP contribution in [0.3, 0.4) is 0 Å². The van der Waals surface area contributed by atoms with Crippen LogP contribution in [0.15, 0.2) is 34.6 Å². The molecule has 0 atom stereocenters. The van der Waals surface area contributed by atoms with Gasteiger partial charge in [-0.05, 0) is 31.0 Å². The van der Waals surface area contributed by atoms with Gasteiger partial charge >= 0.3 is 5.97 Å². The number of hydrogen-bond donors (Lipinski definition) is 1. The molecule has 158 valence electrons. The molecule has 1 aromatic heterocycles. The van der Waals surface area contributed by atoms with Crippen LogP contribution < -0.4 is 9.70 Å². The molecular formula is C22H32N3O3S+. The Morgan fingerprint density at radius 3 is 2.69 bits per heavy atom. The van der Waals surface area contributed by atoms with Gasteiger partial charge in [0.2, 0.25) is 0 Å². The third kappa shape index (κ3) is 6.52. The fourth-order valence-electron chi connectivity index (χ4n) is 3.51. The number of aryl methyl sites for hydroxylation is 1. The van der Waals surface area contributed by atoms with E-state index in [-0.39, 0.29) is 5.97 Å². The summed E-state index contributed by atoms with van der Waals surface area (Å²) in [5.41, 5.74) is 3.23. The standard InChI is InChI=1S/C22H31N3O3S/c1-3-18-6-8-19(9-7-18)23-22-25(11-5-10-24-12-14-27-15-13-24)20(17-29-22)16-21(26)28-4-2/h6-9,17H,3-5,10-16H2,1-2H3/p+1. The number of hydrogen-bond acceptors (Lipinski definition) is 5. The van der Waals surface area contributed by atoms with Crippen LogP contribution in [0, 0.1) is 0 Å². The second kappa shape index (κ2) is 11.3. The Morgan fingerprint density at radius 2 is 2.00 bits per heavy atom. The summed E-state index contributed by atoms with van der Waals surface area (Å²) in [7, 11) is 0. The molecular weight excluding hydrogens is 386 g/mol. The first kappa shape index (κ1) is 21.7. The molecule has 3 rings (SSSR count). The number of aromatic nitrogens is 1. The van der Waals surface area contributed by atoms with Gasteiger partial charge in [-0.2, -0.15) is 0 Å². The lowest BCUT2D eigenvalue weighted by Gasteiger charge is -2.23. The first-order chi connectivity index (χ1) is 14.2. The van der Waals surface area contributed by atoms with Crippen LogP contribution in [0.25, 0.3) is 0 Å². The van der Waals surface area contributed by atoms with Crippen LogP contribution in [0.5, 0.6) is 0 Å². The van der Waals surface area contributed by atoms with Crippen molar-refractivity contribution < 1.29 is 19.2 Å². The van der Waals surface area contributed by atoms with Crippen LogP contribution in [0.1, 0.15) is 31.5 Å². The van der Waals surface area contributed by atoms with E-state index in [0.29, 0.717) is 13.0 Å². The lowest BCUT2D eigenvalue weighted by atomic mass is 10.2. The van der Waals surface area contributed by atoms with Gasteiger partial charge in [0.05, 0.1) is 38.5 Å². The van der Waals surface area contributed by atoms with Crippen molar-refractivity contribution in [1.29, 1.82) is 0 Å². The van der Waals surface area contributed by atoms with E-state index in [0.717, 1.165) is 68.4 Å². The maximum Gasteiger partial charge on any atom is 0.311 e. The predicted octanol–water partition coefficient (Wildman–Crippen LogP) is 1.76. The quantitative estimate of drug-likeness (QED) is 0.632. The predicted molar refractivity (Wildman–Crippen MR) is 115 cm³/mol. The van der Waals surface area contributed by atoms with Crippen molar-refractivity contribution in [2.45, 2.75) is 39.7 Å². The number of ether oxygens (including phenoxy) is 2. The third-order valence-corrected chi connectivity index (χ3v) is 6.10. The number of nitrogens with zero attached hydrogens (tertiary/aromatic N) is 2. The van der Waals surface area contributed by atoms with E-state index in [2.05, 4.69) is 35.8 Å². The van der Waals surface area contributed by atoms with Crippen molar-refractivity contribution >= 4 is 23.0 Å². The zero-order chi connectivity index (χ0) is 20.5. The molecule has 2 aromatic rings. The van der Waals surface area contributed by atoms with Crippen molar-refractivity contribution in [3.63, 3.8) is 0 Å². The minimum Gasteiger partial charge on any atom is -0.466 e. The van der Waals surface area contributed by atoms with E-state index in [1.54, 1.807) is 16.2 Å². The molecule has 1 aliphatic heterocycles. The van der Waals surface area contributed by atoms with Crippen LogP contribution >= 0.6 is 11.3 Å². The van der Waals surface area contributed by atoms with Gasteiger partial charge in [0.25, 0.3) is 0 Å². The van der Waals surface area contributed by atoms with Gasteiger partial charge in [-0.3, -0.25) is 4.79 Å². The minimum absolute atomic E-state index is 0.184. The number of nitrogens with one attached hydrogen (secondary N) is 1. The lowest BCUT2D eigenvalue weighted by molar-refractivity contribution is -0.908. The van der Waals surface area contributed by atoms with E-state index in [1.165, 1.54) is 5.56 Å². The minimum atomic E-state index is -0.184. The van der Waals surface area contributed by atoms with Crippen LogP contribution in [-0.4, -0.2) is 50.0 Å². The number of benzene rings is 1. The first-order valence-electron chi connectivity index (χ1n) is 10.6. The molecule has 1 aromatic carbocycles. The van der Waals surface area contributed by atoms with Crippen LogP contribution in [-0.2, 0) is 33.7 Å². The molecule has 1 aliphatic rings. The maximum absolute atomic E-state index is 12.0. The smallest absolute Gasteiger partial charge is 0.311 e. The van der Waals surface area contributed by atoms with Crippen molar-refractivity contribution in [2.24, 2.45) is 4.99 Å². The van der Waals surface area contributed by atoms with Gasteiger partial charge < -0.3 is 18.9 Å². The summed E-state index contributed by atoms with van der Waals surface area (Å²) >= 11 is 1.59. The van der Waals surface area contributed by atoms with Crippen LogP contribution in [0.2, 0.25) is 0 Å². The second-order valence-electron chi connectivity index (χ2n) is 7.24. The number of morpholine rings is 1. The Kier molecular flexibility index (Phi) is 8.46. The van der Waals surface area contributed by atoms with Crippen molar-refractivity contribution in [1.82, 2.24) is 4.57 Å². The van der Waals surface area contributed by atoms with E-state index < -0.39 is 0 Å². The molecule has 0 saturated carbocycles. The molecule has 0 bridgehead atoms. The van der Waals surface area contributed by atoms with Crippen molar-refractivity contribution in [2.75, 3.05) is 39.5 Å². The molecule has 0 spiro atoms. The number of thiazole rings is 1. The second-order valence-corrected chi connectivity index (χ2v) is 8.08. The number of rotatable bonds is 9. The fourth-order valence-corrected chi connectivity index (χ4v) is 4.45. The lowest BCUT2D eigenvalue weighted by Crippen LogP contribution is -3.14. The molecule has 1 N–H and O–H groups in total. The third-order valence-electron chi connectivity index (χ3n) is 5.19. The van der Waals surface area contributed by atoms with E-state index in [1.807, 2.05) is 12.3 Å². The van der Waals surface area contributed by atoms with E-state index in [9.17, 15) is 4.79 Å². The monoisotopic (exact) mass is 418 g/mol. The number of carbonyl (C=O) groups is 1. The Balaban J connectivity index is 1.77. The molecule has 0 unspecified atom stereocenters. The molecule has 29 heavy (non-hydrogen) atoms. The SMILES string of the molecule is CCOC(=O)Cc1csc(=Nc2ccc(CC)cc2)n1CCC[NH+]1CCOCC1. The molecule has 0 radical (unpaired) electrons. The summed E-state index contributed by atoms with van der Waals surface area (Å²) < 4.78 is 12.8. The van der Waals surface area contributed by atoms with E-state index >= 15 is 0 Å². The molecule has 0 amide bonds. The highest BCUT2D eigenvalue weighted by atomic mass is 32.1. The molecule has 1 fully saturated rings. The van der Waals surface area contributed by atoms with Crippen molar-refractivity contribution in [3.8, 4) is 0 Å². The zero-order valence-corrected chi connectivity index (χ0v) is 18.3. The molecule has 2 heterocycles. The molecule has 7 heteroatoms. The Bertz CT molecular complexity index is 836. The number of carbonyl (C=O) groups excluding carboxylic acids is 1. The highest BCUT2D eigenvalue weighted by Crippen LogP contribution is 2.14. The topological polar surface area (TPSA) is 57.3 Å². The average molecular weight is 419 g/mol. The maximum atomic E-state index is 12.0. The molecule has 6 nitrogen and oxygen atoms in total. The zero-order valence-electron chi connectivity index (χ0n) is 17.5. The number of quaternary nitrogens is 1. The average Bonchev–Trinajstić information content (AvgIpc) is 3.10. The Labute approximate surface area is 176 Å². The normalized spacial score (nSPS) is 15.6. The highest BCUT2D eigenvalue weighted by molar-refractivity contribution is 7.07. The summed E-state index contributed by atoms with van der Waals surface area (Å²) in [6.45, 7) is 10.2. The molecule has 0 aliphatic carbocycles. The summed E-state index contributed by atoms with van der Waals surface area (Å²) in [6, 6.07) is 8.37. The summed E-state index contributed by atoms with van der Waals surface area (Å²) in [5.74, 6) is -0.184. The summed E-state index contributed by atoms with van der Waals surface area (Å²) in [4.78, 5) is 19.4. The molecule has 1 saturated heterocycles. The van der Waals surface area contributed by atoms with Crippen LogP contribution in [0.4, 0.5) is 5.69 Å². The Morgan fingerprint density at radius 1 is 1.24 bits per heavy atom.